The minimum Gasteiger partial charge on any atom is -0.497 e. The van der Waals surface area contributed by atoms with Gasteiger partial charge in [0.2, 0.25) is 5.91 Å². The average Bonchev–Trinajstić information content (AvgIpc) is 3.09. The molecule has 0 saturated heterocycles. The summed E-state index contributed by atoms with van der Waals surface area (Å²) >= 11 is 3.56. The molecule has 0 atom stereocenters. The number of carbonyl (C=O) groups excluding carboxylic acids is 1. The van der Waals surface area contributed by atoms with Crippen molar-refractivity contribution in [3.8, 4) is 17.1 Å². The highest BCUT2D eigenvalue weighted by atomic mass is 127. The highest BCUT2D eigenvalue weighted by molar-refractivity contribution is 14.1. The Morgan fingerprint density at radius 1 is 1.29 bits per heavy atom. The molecule has 0 fully saturated rings. The molecule has 3 aromatic rings. The summed E-state index contributed by atoms with van der Waals surface area (Å²) in [6.45, 7) is 4.36. The maximum atomic E-state index is 12.3. The first-order chi connectivity index (χ1) is 13.6. The van der Waals surface area contributed by atoms with Crippen LogP contribution in [0.15, 0.2) is 66.3 Å². The fraction of sp³-hybridized carbons (Fsp3) is 0.150. The average molecular weight is 506 g/mol. The second kappa shape index (κ2) is 9.74. The molecule has 2 aromatic carbocycles. The predicted molar refractivity (Wildman–Crippen MR) is 121 cm³/mol. The number of hydrogen-bond acceptors (Lipinski definition) is 5. The van der Waals surface area contributed by atoms with Crippen molar-refractivity contribution in [2.45, 2.75) is 11.7 Å². The summed E-state index contributed by atoms with van der Waals surface area (Å²) in [5.41, 5.74) is 1.70. The van der Waals surface area contributed by atoms with E-state index in [0.717, 1.165) is 26.4 Å². The Kier molecular flexibility index (Phi) is 7.10. The van der Waals surface area contributed by atoms with E-state index in [0.29, 0.717) is 11.7 Å². The fourth-order valence-electron chi connectivity index (χ4n) is 2.54. The van der Waals surface area contributed by atoms with Gasteiger partial charge in [0.1, 0.15) is 5.75 Å². The van der Waals surface area contributed by atoms with Crippen LogP contribution >= 0.6 is 34.4 Å². The number of methoxy groups -OCH3 is 1. The molecular weight excluding hydrogens is 487 g/mol. The van der Waals surface area contributed by atoms with Crippen molar-refractivity contribution >= 4 is 45.9 Å². The molecule has 1 N–H and O–H groups in total. The number of anilines is 1. The molecule has 1 heterocycles. The number of aromatic nitrogens is 3. The van der Waals surface area contributed by atoms with Gasteiger partial charge >= 0.3 is 0 Å². The summed E-state index contributed by atoms with van der Waals surface area (Å²) in [7, 11) is 1.63. The molecule has 0 aliphatic heterocycles. The van der Waals surface area contributed by atoms with Crippen molar-refractivity contribution in [1.82, 2.24) is 14.8 Å². The van der Waals surface area contributed by atoms with Crippen LogP contribution in [0.2, 0.25) is 0 Å². The highest BCUT2D eigenvalue weighted by Crippen LogP contribution is 2.26. The van der Waals surface area contributed by atoms with Crippen LogP contribution in [0.25, 0.3) is 11.4 Å². The topological polar surface area (TPSA) is 69.0 Å². The molecule has 1 amide bonds. The first-order valence-electron chi connectivity index (χ1n) is 8.47. The van der Waals surface area contributed by atoms with Gasteiger partial charge in [-0.3, -0.25) is 9.36 Å². The van der Waals surface area contributed by atoms with Crippen LogP contribution < -0.4 is 10.1 Å². The minimum atomic E-state index is -0.0915. The number of allylic oxidation sites excluding steroid dienone is 1. The van der Waals surface area contributed by atoms with Gasteiger partial charge in [-0.1, -0.05) is 23.9 Å². The quantitative estimate of drug-likeness (QED) is 0.277. The van der Waals surface area contributed by atoms with E-state index in [1.807, 2.05) is 53.1 Å². The van der Waals surface area contributed by atoms with Crippen LogP contribution in [0, 0.1) is 3.57 Å². The molecular formula is C20H19IN4O2S. The van der Waals surface area contributed by atoms with Gasteiger partial charge in [0, 0.05) is 21.4 Å². The van der Waals surface area contributed by atoms with Crippen molar-refractivity contribution in [2.24, 2.45) is 0 Å². The summed E-state index contributed by atoms with van der Waals surface area (Å²) in [5, 5.41) is 12.1. The lowest BCUT2D eigenvalue weighted by molar-refractivity contribution is -0.113. The third-order valence-electron chi connectivity index (χ3n) is 3.82. The molecule has 0 aliphatic rings. The predicted octanol–water partition coefficient (Wildman–Crippen LogP) is 4.48. The lowest BCUT2D eigenvalue weighted by atomic mass is 10.2. The number of nitrogens with one attached hydrogen (secondary N) is 1. The molecule has 0 aliphatic carbocycles. The molecule has 1 aromatic heterocycles. The fourth-order valence-corrected chi connectivity index (χ4v) is 3.83. The smallest absolute Gasteiger partial charge is 0.234 e. The van der Waals surface area contributed by atoms with E-state index < -0.39 is 0 Å². The molecule has 0 radical (unpaired) electrons. The van der Waals surface area contributed by atoms with Crippen LogP contribution in [0.1, 0.15) is 0 Å². The van der Waals surface area contributed by atoms with Gasteiger partial charge in [-0.25, -0.2) is 0 Å². The van der Waals surface area contributed by atoms with Crippen molar-refractivity contribution in [3.05, 3.63) is 64.8 Å². The van der Waals surface area contributed by atoms with E-state index in [2.05, 4.69) is 44.7 Å². The van der Waals surface area contributed by atoms with Crippen LogP contribution in [-0.2, 0) is 11.3 Å². The maximum Gasteiger partial charge on any atom is 0.234 e. The Morgan fingerprint density at radius 3 is 2.75 bits per heavy atom. The Hall–Kier alpha value is -2.33. The first kappa shape index (κ1) is 20.4. The molecule has 28 heavy (non-hydrogen) atoms. The standard InChI is InChI=1S/C20H19IN4O2S/c1-3-11-25-19(14-7-9-17(27-2)10-8-14)23-24-20(25)28-13-18(26)22-16-6-4-5-15(21)12-16/h3-10,12H,1,11,13H2,2H3,(H,22,26). The van der Waals surface area contributed by atoms with Crippen LogP contribution in [0.5, 0.6) is 5.75 Å². The molecule has 6 nitrogen and oxygen atoms in total. The van der Waals surface area contributed by atoms with Gasteiger partial charge in [0.15, 0.2) is 11.0 Å². The van der Waals surface area contributed by atoms with Crippen LogP contribution in [-0.4, -0.2) is 33.5 Å². The zero-order valence-electron chi connectivity index (χ0n) is 15.3. The number of ether oxygens (including phenoxy) is 1. The minimum absolute atomic E-state index is 0.0915. The number of hydrogen-bond donors (Lipinski definition) is 1. The Bertz CT molecular complexity index is 973. The Morgan fingerprint density at radius 2 is 2.07 bits per heavy atom. The van der Waals surface area contributed by atoms with Gasteiger partial charge in [-0.2, -0.15) is 0 Å². The monoisotopic (exact) mass is 506 g/mol. The van der Waals surface area contributed by atoms with Crippen molar-refractivity contribution in [2.75, 3.05) is 18.2 Å². The van der Waals surface area contributed by atoms with Gasteiger partial charge in [-0.05, 0) is 65.1 Å². The number of benzene rings is 2. The van der Waals surface area contributed by atoms with E-state index in [1.165, 1.54) is 11.8 Å². The van der Waals surface area contributed by atoms with Crippen LogP contribution in [0.4, 0.5) is 5.69 Å². The largest absolute Gasteiger partial charge is 0.497 e. The van der Waals surface area contributed by atoms with Crippen molar-refractivity contribution in [1.29, 1.82) is 0 Å². The number of nitrogens with zero attached hydrogens (tertiary/aromatic N) is 3. The summed E-state index contributed by atoms with van der Waals surface area (Å²) in [4.78, 5) is 12.3. The number of carbonyl (C=O) groups is 1. The third kappa shape index (κ3) is 5.14. The van der Waals surface area contributed by atoms with E-state index in [-0.39, 0.29) is 11.7 Å². The zero-order valence-corrected chi connectivity index (χ0v) is 18.2. The Labute approximate surface area is 181 Å². The second-order valence-electron chi connectivity index (χ2n) is 5.78. The lowest BCUT2D eigenvalue weighted by Gasteiger charge is -2.09. The van der Waals surface area contributed by atoms with Crippen molar-refractivity contribution in [3.63, 3.8) is 0 Å². The Balaban J connectivity index is 1.72. The highest BCUT2D eigenvalue weighted by Gasteiger charge is 2.15. The van der Waals surface area contributed by atoms with Gasteiger partial charge in [0.25, 0.3) is 0 Å². The van der Waals surface area contributed by atoms with Crippen LogP contribution in [0.3, 0.4) is 0 Å². The third-order valence-corrected chi connectivity index (χ3v) is 5.46. The molecule has 0 bridgehead atoms. The second-order valence-corrected chi connectivity index (χ2v) is 7.97. The molecule has 0 spiro atoms. The molecule has 144 valence electrons. The number of halogens is 1. The van der Waals surface area contributed by atoms with Gasteiger partial charge in [-0.15, -0.1) is 16.8 Å². The SMILES string of the molecule is C=CCn1c(SCC(=O)Nc2cccc(I)c2)nnc1-c1ccc(OC)cc1. The number of thioether (sulfide) groups is 1. The lowest BCUT2D eigenvalue weighted by Crippen LogP contribution is -2.14. The van der Waals surface area contributed by atoms with Gasteiger partial charge < -0.3 is 10.1 Å². The molecule has 0 saturated carbocycles. The maximum absolute atomic E-state index is 12.3. The summed E-state index contributed by atoms with van der Waals surface area (Å²) < 4.78 is 8.21. The van der Waals surface area contributed by atoms with E-state index in [1.54, 1.807) is 13.2 Å². The first-order valence-corrected chi connectivity index (χ1v) is 10.5. The summed E-state index contributed by atoms with van der Waals surface area (Å²) in [6, 6.07) is 15.3. The zero-order chi connectivity index (χ0) is 19.9. The summed E-state index contributed by atoms with van der Waals surface area (Å²) in [6.07, 6.45) is 1.78. The molecule has 0 unspecified atom stereocenters. The van der Waals surface area contributed by atoms with E-state index in [4.69, 9.17) is 4.74 Å². The van der Waals surface area contributed by atoms with E-state index >= 15 is 0 Å². The van der Waals surface area contributed by atoms with Gasteiger partial charge in [0.05, 0.1) is 12.9 Å². The summed E-state index contributed by atoms with van der Waals surface area (Å²) in [5.74, 6) is 1.65. The molecule has 3 rings (SSSR count). The van der Waals surface area contributed by atoms with Crippen molar-refractivity contribution < 1.29 is 9.53 Å². The molecule has 8 heteroatoms. The number of amides is 1. The van der Waals surface area contributed by atoms with E-state index in [9.17, 15) is 4.79 Å². The normalized spacial score (nSPS) is 10.5. The number of rotatable bonds is 8.